The van der Waals surface area contributed by atoms with Gasteiger partial charge in [-0.2, -0.15) is 0 Å². The molecule has 0 aliphatic carbocycles. The van der Waals surface area contributed by atoms with Crippen molar-refractivity contribution < 1.29 is 4.74 Å². The minimum absolute atomic E-state index is 0. The van der Waals surface area contributed by atoms with Gasteiger partial charge in [0.25, 0.3) is 0 Å². The lowest BCUT2D eigenvalue weighted by Gasteiger charge is -2.09. The highest BCUT2D eigenvalue weighted by molar-refractivity contribution is 5.85. The van der Waals surface area contributed by atoms with E-state index in [1.807, 2.05) is 16.8 Å². The number of methoxy groups -OCH3 is 1. The Morgan fingerprint density at radius 1 is 1.04 bits per heavy atom. The fraction of sp³-hybridized carbons (Fsp3) is 0.211. The van der Waals surface area contributed by atoms with Crippen LogP contribution in [0, 0.1) is 6.92 Å². The summed E-state index contributed by atoms with van der Waals surface area (Å²) in [6.45, 7) is 3.75. The van der Waals surface area contributed by atoms with Gasteiger partial charge in [0.15, 0.2) is 0 Å². The van der Waals surface area contributed by atoms with E-state index in [9.17, 15) is 0 Å². The van der Waals surface area contributed by atoms with Crippen LogP contribution in [0.25, 0.3) is 5.69 Å². The van der Waals surface area contributed by atoms with E-state index in [4.69, 9.17) is 4.74 Å². The molecule has 4 nitrogen and oxygen atoms in total. The predicted octanol–water partition coefficient (Wildman–Crippen LogP) is 3.90. The van der Waals surface area contributed by atoms with E-state index >= 15 is 0 Å². The van der Waals surface area contributed by atoms with E-state index in [0.717, 1.165) is 30.1 Å². The molecule has 0 aliphatic heterocycles. The first-order valence-corrected chi connectivity index (χ1v) is 7.68. The number of rotatable bonds is 6. The molecule has 2 aromatic carbocycles. The van der Waals surface area contributed by atoms with Gasteiger partial charge in [-0.25, -0.2) is 4.98 Å². The standard InChI is InChI=1S/C19H21N3O.ClH/c1-15-11-17(5-8-19(15)23-2)13-21-12-16-3-6-18(7-4-16)22-10-9-20-14-22;/h3-11,14,21H,12-13H2,1-2H3;1H. The van der Waals surface area contributed by atoms with E-state index < -0.39 is 0 Å². The van der Waals surface area contributed by atoms with Gasteiger partial charge in [0.05, 0.1) is 13.4 Å². The summed E-state index contributed by atoms with van der Waals surface area (Å²) >= 11 is 0. The fourth-order valence-electron chi connectivity index (χ4n) is 2.60. The molecule has 0 radical (unpaired) electrons. The van der Waals surface area contributed by atoms with Gasteiger partial charge >= 0.3 is 0 Å². The lowest BCUT2D eigenvalue weighted by atomic mass is 10.1. The number of halogens is 1. The molecule has 0 fully saturated rings. The van der Waals surface area contributed by atoms with Gasteiger partial charge in [-0.15, -0.1) is 12.4 Å². The Morgan fingerprint density at radius 2 is 1.75 bits per heavy atom. The van der Waals surface area contributed by atoms with E-state index in [2.05, 4.69) is 53.6 Å². The maximum absolute atomic E-state index is 5.29. The Labute approximate surface area is 148 Å². The van der Waals surface area contributed by atoms with Gasteiger partial charge in [0.2, 0.25) is 0 Å². The number of hydrogen-bond donors (Lipinski definition) is 1. The number of imidazole rings is 1. The normalized spacial score (nSPS) is 10.2. The maximum Gasteiger partial charge on any atom is 0.121 e. The van der Waals surface area contributed by atoms with Crippen LogP contribution in [0.4, 0.5) is 0 Å². The third-order valence-electron chi connectivity index (χ3n) is 3.86. The number of ether oxygens (including phenoxy) is 1. The van der Waals surface area contributed by atoms with Crippen molar-refractivity contribution >= 4 is 12.4 Å². The van der Waals surface area contributed by atoms with Crippen LogP contribution >= 0.6 is 12.4 Å². The van der Waals surface area contributed by atoms with Gasteiger partial charge in [0, 0.05) is 31.2 Å². The molecule has 0 amide bonds. The zero-order valence-corrected chi connectivity index (χ0v) is 14.7. The first-order valence-electron chi connectivity index (χ1n) is 7.68. The lowest BCUT2D eigenvalue weighted by Crippen LogP contribution is -2.12. The third-order valence-corrected chi connectivity index (χ3v) is 3.86. The van der Waals surface area contributed by atoms with Crippen molar-refractivity contribution in [1.82, 2.24) is 14.9 Å². The molecule has 0 atom stereocenters. The van der Waals surface area contributed by atoms with Crippen LogP contribution in [0.1, 0.15) is 16.7 Å². The van der Waals surface area contributed by atoms with Crippen LogP contribution in [-0.2, 0) is 13.1 Å². The number of benzene rings is 2. The van der Waals surface area contributed by atoms with Crippen LogP contribution < -0.4 is 10.1 Å². The summed E-state index contributed by atoms with van der Waals surface area (Å²) in [6.07, 6.45) is 5.53. The fourth-order valence-corrected chi connectivity index (χ4v) is 2.60. The molecular formula is C19H22ClN3O. The van der Waals surface area contributed by atoms with Crippen molar-refractivity contribution in [2.24, 2.45) is 0 Å². The summed E-state index contributed by atoms with van der Waals surface area (Å²) in [5.41, 5.74) is 4.81. The van der Waals surface area contributed by atoms with Gasteiger partial charge in [-0.3, -0.25) is 0 Å². The van der Waals surface area contributed by atoms with E-state index in [0.29, 0.717) is 0 Å². The summed E-state index contributed by atoms with van der Waals surface area (Å²) < 4.78 is 7.29. The van der Waals surface area contributed by atoms with Crippen molar-refractivity contribution in [2.45, 2.75) is 20.0 Å². The molecule has 0 saturated carbocycles. The highest BCUT2D eigenvalue weighted by atomic mass is 35.5. The van der Waals surface area contributed by atoms with E-state index in [1.165, 1.54) is 11.1 Å². The molecule has 3 aromatic rings. The summed E-state index contributed by atoms with van der Waals surface area (Å²) in [5, 5.41) is 3.48. The minimum atomic E-state index is 0. The monoisotopic (exact) mass is 343 g/mol. The van der Waals surface area contributed by atoms with Crippen molar-refractivity contribution in [3.8, 4) is 11.4 Å². The number of aromatic nitrogens is 2. The molecule has 1 N–H and O–H groups in total. The highest BCUT2D eigenvalue weighted by Gasteiger charge is 2.01. The topological polar surface area (TPSA) is 39.1 Å². The van der Waals surface area contributed by atoms with Gasteiger partial charge in [-0.05, 0) is 41.8 Å². The molecule has 0 aliphatic rings. The second-order valence-corrected chi connectivity index (χ2v) is 5.54. The van der Waals surface area contributed by atoms with Crippen molar-refractivity contribution in [2.75, 3.05) is 7.11 Å². The Balaban J connectivity index is 0.00000208. The Hall–Kier alpha value is -2.30. The summed E-state index contributed by atoms with van der Waals surface area (Å²) in [5.74, 6) is 0.934. The first-order chi connectivity index (χ1) is 11.3. The molecule has 3 rings (SSSR count). The van der Waals surface area contributed by atoms with E-state index in [1.54, 1.807) is 19.6 Å². The smallest absolute Gasteiger partial charge is 0.121 e. The van der Waals surface area contributed by atoms with Crippen LogP contribution in [-0.4, -0.2) is 16.7 Å². The van der Waals surface area contributed by atoms with Crippen LogP contribution in [0.3, 0.4) is 0 Å². The molecule has 0 unspecified atom stereocenters. The van der Waals surface area contributed by atoms with Gasteiger partial charge < -0.3 is 14.6 Å². The highest BCUT2D eigenvalue weighted by Crippen LogP contribution is 2.18. The van der Waals surface area contributed by atoms with Crippen LogP contribution in [0.5, 0.6) is 5.75 Å². The summed E-state index contributed by atoms with van der Waals surface area (Å²) in [4.78, 5) is 4.07. The average Bonchev–Trinajstić information content (AvgIpc) is 3.10. The van der Waals surface area contributed by atoms with Crippen LogP contribution in [0.15, 0.2) is 61.2 Å². The number of nitrogens with one attached hydrogen (secondary N) is 1. The van der Waals surface area contributed by atoms with Crippen molar-refractivity contribution in [3.05, 3.63) is 77.9 Å². The SMILES string of the molecule is COc1ccc(CNCc2ccc(-n3ccnc3)cc2)cc1C.Cl. The van der Waals surface area contributed by atoms with Crippen LogP contribution in [0.2, 0.25) is 0 Å². The average molecular weight is 344 g/mol. The van der Waals surface area contributed by atoms with Crippen molar-refractivity contribution in [1.29, 1.82) is 0 Å². The molecule has 1 heterocycles. The largest absolute Gasteiger partial charge is 0.496 e. The second-order valence-electron chi connectivity index (χ2n) is 5.54. The zero-order chi connectivity index (χ0) is 16.1. The molecule has 0 spiro atoms. The molecule has 5 heteroatoms. The minimum Gasteiger partial charge on any atom is -0.496 e. The molecule has 126 valence electrons. The Bertz CT molecular complexity index is 755. The lowest BCUT2D eigenvalue weighted by molar-refractivity contribution is 0.411. The molecular weight excluding hydrogens is 322 g/mol. The second kappa shape index (κ2) is 8.52. The Kier molecular flexibility index (Phi) is 6.41. The summed E-state index contributed by atoms with van der Waals surface area (Å²) in [7, 11) is 1.70. The third kappa shape index (κ3) is 4.37. The van der Waals surface area contributed by atoms with Crippen molar-refractivity contribution in [3.63, 3.8) is 0 Å². The molecule has 1 aromatic heterocycles. The number of hydrogen-bond acceptors (Lipinski definition) is 3. The quantitative estimate of drug-likeness (QED) is 0.737. The molecule has 0 bridgehead atoms. The first kappa shape index (κ1) is 18.0. The van der Waals surface area contributed by atoms with E-state index in [-0.39, 0.29) is 12.4 Å². The predicted molar refractivity (Wildman–Crippen MR) is 99.1 cm³/mol. The number of nitrogens with zero attached hydrogens (tertiary/aromatic N) is 2. The van der Waals surface area contributed by atoms with Gasteiger partial charge in [-0.1, -0.05) is 24.3 Å². The van der Waals surface area contributed by atoms with Gasteiger partial charge in [0.1, 0.15) is 5.75 Å². The zero-order valence-electron chi connectivity index (χ0n) is 13.9. The summed E-state index contributed by atoms with van der Waals surface area (Å²) in [6, 6.07) is 14.8. The maximum atomic E-state index is 5.29. The number of aryl methyl sites for hydroxylation is 1. The molecule has 24 heavy (non-hydrogen) atoms. The Morgan fingerprint density at radius 3 is 2.38 bits per heavy atom. The molecule has 0 saturated heterocycles.